The first-order valence-corrected chi connectivity index (χ1v) is 7.18. The van der Waals surface area contributed by atoms with Gasteiger partial charge in [0.15, 0.2) is 11.5 Å². The Morgan fingerprint density at radius 1 is 1.24 bits per heavy atom. The van der Waals surface area contributed by atoms with Crippen molar-refractivity contribution in [1.82, 2.24) is 15.3 Å². The summed E-state index contributed by atoms with van der Waals surface area (Å²) in [5.41, 5.74) is 2.24. The van der Waals surface area contributed by atoms with Crippen LogP contribution in [0.4, 0.5) is 0 Å². The highest BCUT2D eigenvalue weighted by molar-refractivity contribution is 5.44. The van der Waals surface area contributed by atoms with E-state index in [2.05, 4.69) is 34.3 Å². The molecule has 1 aromatic carbocycles. The van der Waals surface area contributed by atoms with Crippen LogP contribution in [0.25, 0.3) is 0 Å². The molecular weight excluding hydrogens is 266 g/mol. The maximum Gasteiger partial charge on any atom is 0.231 e. The number of benzene rings is 1. The van der Waals surface area contributed by atoms with Gasteiger partial charge in [0.1, 0.15) is 0 Å². The van der Waals surface area contributed by atoms with Crippen LogP contribution in [0, 0.1) is 0 Å². The van der Waals surface area contributed by atoms with E-state index in [0.717, 1.165) is 36.6 Å². The monoisotopic (exact) mass is 285 g/mol. The number of ether oxygens (including phenoxy) is 2. The van der Waals surface area contributed by atoms with Gasteiger partial charge in [-0.05, 0) is 37.5 Å². The standard InChI is InChI=1S/C16H19N3O2/c1-12(19-10-14-9-17-6-7-18-14)2-3-13-4-5-15-16(8-13)21-11-20-15/h4-9,12,19H,2-3,10-11H2,1H3. The smallest absolute Gasteiger partial charge is 0.231 e. The summed E-state index contributed by atoms with van der Waals surface area (Å²) < 4.78 is 10.7. The van der Waals surface area contributed by atoms with Gasteiger partial charge in [0.2, 0.25) is 6.79 Å². The van der Waals surface area contributed by atoms with Gasteiger partial charge in [-0.2, -0.15) is 0 Å². The predicted molar refractivity (Wildman–Crippen MR) is 79.2 cm³/mol. The van der Waals surface area contributed by atoms with Crippen molar-refractivity contribution < 1.29 is 9.47 Å². The minimum absolute atomic E-state index is 0.328. The second-order valence-corrected chi connectivity index (χ2v) is 5.20. The van der Waals surface area contributed by atoms with Gasteiger partial charge in [0.05, 0.1) is 5.69 Å². The second-order valence-electron chi connectivity index (χ2n) is 5.20. The van der Waals surface area contributed by atoms with Gasteiger partial charge < -0.3 is 14.8 Å². The molecule has 0 amide bonds. The van der Waals surface area contributed by atoms with Crippen LogP contribution in [0.5, 0.6) is 11.5 Å². The minimum Gasteiger partial charge on any atom is -0.454 e. The molecule has 1 aromatic heterocycles. The quantitative estimate of drug-likeness (QED) is 0.882. The molecule has 2 heterocycles. The molecule has 0 bridgehead atoms. The number of hydrogen-bond acceptors (Lipinski definition) is 5. The Labute approximate surface area is 124 Å². The number of nitrogens with one attached hydrogen (secondary N) is 1. The molecular formula is C16H19N3O2. The van der Waals surface area contributed by atoms with E-state index in [1.54, 1.807) is 18.6 Å². The Kier molecular flexibility index (Phi) is 4.31. The molecule has 1 N–H and O–H groups in total. The molecule has 1 aliphatic rings. The van der Waals surface area contributed by atoms with E-state index in [1.807, 2.05) is 6.07 Å². The van der Waals surface area contributed by atoms with Crippen LogP contribution in [-0.2, 0) is 13.0 Å². The highest BCUT2D eigenvalue weighted by Crippen LogP contribution is 2.32. The fourth-order valence-corrected chi connectivity index (χ4v) is 2.28. The molecule has 1 aliphatic heterocycles. The lowest BCUT2D eigenvalue weighted by atomic mass is 10.1. The molecule has 1 unspecified atom stereocenters. The predicted octanol–water partition coefficient (Wildman–Crippen LogP) is 2.32. The van der Waals surface area contributed by atoms with E-state index < -0.39 is 0 Å². The second kappa shape index (κ2) is 6.54. The Hall–Kier alpha value is -2.14. The summed E-state index contributed by atoms with van der Waals surface area (Å²) >= 11 is 0. The highest BCUT2D eigenvalue weighted by atomic mass is 16.7. The van der Waals surface area contributed by atoms with E-state index >= 15 is 0 Å². The van der Waals surface area contributed by atoms with Crippen molar-refractivity contribution in [3.05, 3.63) is 48.0 Å². The lowest BCUT2D eigenvalue weighted by molar-refractivity contribution is 0.174. The van der Waals surface area contributed by atoms with Crippen molar-refractivity contribution >= 4 is 0 Å². The third-order valence-corrected chi connectivity index (χ3v) is 3.55. The molecule has 0 spiro atoms. The van der Waals surface area contributed by atoms with Crippen molar-refractivity contribution in [2.24, 2.45) is 0 Å². The van der Waals surface area contributed by atoms with Gasteiger partial charge in [0, 0.05) is 31.2 Å². The average Bonchev–Trinajstić information content (AvgIpc) is 2.99. The van der Waals surface area contributed by atoms with Crippen LogP contribution in [0.15, 0.2) is 36.8 Å². The van der Waals surface area contributed by atoms with Crippen molar-refractivity contribution in [1.29, 1.82) is 0 Å². The van der Waals surface area contributed by atoms with Crippen molar-refractivity contribution in [3.8, 4) is 11.5 Å². The number of aromatic nitrogens is 2. The topological polar surface area (TPSA) is 56.3 Å². The third-order valence-electron chi connectivity index (χ3n) is 3.55. The zero-order valence-electron chi connectivity index (χ0n) is 12.1. The Morgan fingerprint density at radius 2 is 2.14 bits per heavy atom. The largest absolute Gasteiger partial charge is 0.454 e. The summed E-state index contributed by atoms with van der Waals surface area (Å²) in [5, 5.41) is 3.46. The first kappa shape index (κ1) is 13.8. The van der Waals surface area contributed by atoms with E-state index in [-0.39, 0.29) is 0 Å². The van der Waals surface area contributed by atoms with E-state index in [0.29, 0.717) is 12.8 Å². The zero-order valence-corrected chi connectivity index (χ0v) is 12.1. The Bertz CT molecular complexity index is 589. The van der Waals surface area contributed by atoms with Gasteiger partial charge in [-0.3, -0.25) is 9.97 Å². The normalized spacial score (nSPS) is 14.1. The van der Waals surface area contributed by atoms with Crippen LogP contribution in [0.2, 0.25) is 0 Å². The van der Waals surface area contributed by atoms with Crippen molar-refractivity contribution in [2.75, 3.05) is 6.79 Å². The van der Waals surface area contributed by atoms with Gasteiger partial charge >= 0.3 is 0 Å². The van der Waals surface area contributed by atoms with Crippen molar-refractivity contribution in [2.45, 2.75) is 32.4 Å². The molecule has 21 heavy (non-hydrogen) atoms. The molecule has 0 radical (unpaired) electrons. The van der Waals surface area contributed by atoms with Gasteiger partial charge in [0.25, 0.3) is 0 Å². The molecule has 5 heteroatoms. The molecule has 0 aliphatic carbocycles. The maximum atomic E-state index is 5.40. The summed E-state index contributed by atoms with van der Waals surface area (Å²) in [5.74, 6) is 1.69. The first-order valence-electron chi connectivity index (χ1n) is 7.18. The fourth-order valence-electron chi connectivity index (χ4n) is 2.28. The number of fused-ring (bicyclic) bond motifs is 1. The number of hydrogen-bond donors (Lipinski definition) is 1. The molecule has 0 saturated carbocycles. The van der Waals surface area contributed by atoms with E-state index in [1.165, 1.54) is 5.56 Å². The Morgan fingerprint density at radius 3 is 3.00 bits per heavy atom. The minimum atomic E-state index is 0.328. The highest BCUT2D eigenvalue weighted by Gasteiger charge is 2.13. The summed E-state index contributed by atoms with van der Waals surface area (Å²) in [6.45, 7) is 3.26. The third kappa shape index (κ3) is 3.70. The summed E-state index contributed by atoms with van der Waals surface area (Å²) in [6.07, 6.45) is 7.25. The van der Waals surface area contributed by atoms with Crippen molar-refractivity contribution in [3.63, 3.8) is 0 Å². The molecule has 0 saturated heterocycles. The van der Waals surface area contributed by atoms with Crippen LogP contribution >= 0.6 is 0 Å². The van der Waals surface area contributed by atoms with Gasteiger partial charge in [-0.1, -0.05) is 6.07 Å². The molecule has 0 fully saturated rings. The van der Waals surface area contributed by atoms with E-state index in [9.17, 15) is 0 Å². The van der Waals surface area contributed by atoms with Gasteiger partial charge in [-0.25, -0.2) is 0 Å². The summed E-state index contributed by atoms with van der Waals surface area (Å²) in [7, 11) is 0. The van der Waals surface area contributed by atoms with Crippen LogP contribution < -0.4 is 14.8 Å². The molecule has 110 valence electrons. The molecule has 5 nitrogen and oxygen atoms in total. The average molecular weight is 285 g/mol. The number of rotatable bonds is 6. The van der Waals surface area contributed by atoms with Crippen LogP contribution in [0.1, 0.15) is 24.6 Å². The molecule has 1 atom stereocenters. The fraction of sp³-hybridized carbons (Fsp3) is 0.375. The maximum absolute atomic E-state index is 5.40. The molecule has 3 rings (SSSR count). The van der Waals surface area contributed by atoms with Crippen LogP contribution in [-0.4, -0.2) is 22.8 Å². The number of nitrogens with zero attached hydrogens (tertiary/aromatic N) is 2. The van der Waals surface area contributed by atoms with Gasteiger partial charge in [-0.15, -0.1) is 0 Å². The first-order chi connectivity index (χ1) is 10.3. The lowest BCUT2D eigenvalue weighted by Gasteiger charge is -2.13. The summed E-state index contributed by atoms with van der Waals surface area (Å²) in [4.78, 5) is 8.31. The van der Waals surface area contributed by atoms with E-state index in [4.69, 9.17) is 9.47 Å². The summed E-state index contributed by atoms with van der Waals surface area (Å²) in [6, 6.07) is 6.56. The number of aryl methyl sites for hydroxylation is 1. The molecule has 2 aromatic rings. The van der Waals surface area contributed by atoms with Crippen LogP contribution in [0.3, 0.4) is 0 Å². The zero-order chi connectivity index (χ0) is 14.5. The Balaban J connectivity index is 1.46. The SMILES string of the molecule is CC(CCc1ccc2c(c1)OCO2)NCc1cnccn1. The lowest BCUT2D eigenvalue weighted by Crippen LogP contribution is -2.26.